The van der Waals surface area contributed by atoms with E-state index in [0.29, 0.717) is 12.8 Å². The maximum Gasteiger partial charge on any atom is 0.307 e. The Hall–Kier alpha value is -2.00. The number of benzene rings is 1. The molecule has 0 radical (unpaired) electrons. The number of piperidine rings is 1. The molecule has 1 N–H and O–H groups in total. The van der Waals surface area contributed by atoms with E-state index in [1.54, 1.807) is 0 Å². The van der Waals surface area contributed by atoms with Gasteiger partial charge in [0, 0.05) is 19.2 Å². The monoisotopic (exact) mass is 328 g/mol. The number of aliphatic carboxylic acids is 1. The van der Waals surface area contributed by atoms with Crippen molar-refractivity contribution >= 4 is 21.7 Å². The first-order valence-corrected chi connectivity index (χ1v) is 8.16. The van der Waals surface area contributed by atoms with Gasteiger partial charge in [0.1, 0.15) is 0 Å². The molecule has 0 saturated carbocycles. The van der Waals surface area contributed by atoms with Crippen molar-refractivity contribution in [3.05, 3.63) is 33.9 Å². The van der Waals surface area contributed by atoms with Gasteiger partial charge in [-0.25, -0.2) is 8.42 Å². The third-order valence-electron chi connectivity index (χ3n) is 3.72. The second kappa shape index (κ2) is 6.01. The zero-order valence-electron chi connectivity index (χ0n) is 11.9. The first kappa shape index (κ1) is 16.4. The van der Waals surface area contributed by atoms with Gasteiger partial charge in [-0.1, -0.05) is 12.1 Å². The van der Waals surface area contributed by atoms with Crippen molar-refractivity contribution in [2.45, 2.75) is 24.7 Å². The minimum Gasteiger partial charge on any atom is -0.481 e. The largest absolute Gasteiger partial charge is 0.481 e. The highest BCUT2D eigenvalue weighted by molar-refractivity contribution is 7.89. The predicted octanol–water partition coefficient (Wildman–Crippen LogP) is 1.39. The van der Waals surface area contributed by atoms with Crippen LogP contribution in [0.4, 0.5) is 5.69 Å². The molecule has 1 aromatic carbocycles. The van der Waals surface area contributed by atoms with Gasteiger partial charge in [0.05, 0.1) is 10.8 Å². The van der Waals surface area contributed by atoms with E-state index in [1.807, 2.05) is 0 Å². The summed E-state index contributed by atoms with van der Waals surface area (Å²) in [5.74, 6) is -1.84. The van der Waals surface area contributed by atoms with Crippen molar-refractivity contribution in [2.24, 2.45) is 5.92 Å². The summed E-state index contributed by atoms with van der Waals surface area (Å²) in [5, 5.41) is 20.2. The van der Waals surface area contributed by atoms with Crippen LogP contribution in [0.3, 0.4) is 0 Å². The molecule has 0 bridgehead atoms. The minimum absolute atomic E-state index is 0.164. The number of nitrogens with zero attached hydrogens (tertiary/aromatic N) is 2. The Balaban J connectivity index is 2.47. The number of carboxylic acid groups (broad SMARTS) is 1. The number of aryl methyl sites for hydroxylation is 1. The number of hydrogen-bond donors (Lipinski definition) is 1. The Morgan fingerprint density at radius 1 is 1.45 bits per heavy atom. The average molecular weight is 328 g/mol. The summed E-state index contributed by atoms with van der Waals surface area (Å²) < 4.78 is 26.5. The molecule has 8 nitrogen and oxygen atoms in total. The molecule has 0 spiro atoms. The van der Waals surface area contributed by atoms with E-state index in [1.165, 1.54) is 19.1 Å². The number of sulfonamides is 1. The number of carbonyl (C=O) groups is 1. The number of hydrogen-bond acceptors (Lipinski definition) is 5. The number of carboxylic acids is 1. The summed E-state index contributed by atoms with van der Waals surface area (Å²) in [6.07, 6.45) is 0.813. The van der Waals surface area contributed by atoms with E-state index >= 15 is 0 Å². The molecule has 22 heavy (non-hydrogen) atoms. The summed E-state index contributed by atoms with van der Waals surface area (Å²) in [6.45, 7) is 1.49. The average Bonchev–Trinajstić information content (AvgIpc) is 2.46. The third kappa shape index (κ3) is 2.95. The zero-order chi connectivity index (χ0) is 16.5. The van der Waals surface area contributed by atoms with Crippen molar-refractivity contribution in [1.29, 1.82) is 0 Å². The molecule has 1 aromatic rings. The quantitative estimate of drug-likeness (QED) is 0.659. The zero-order valence-corrected chi connectivity index (χ0v) is 12.7. The van der Waals surface area contributed by atoms with Gasteiger partial charge < -0.3 is 5.11 Å². The van der Waals surface area contributed by atoms with E-state index in [-0.39, 0.29) is 23.5 Å². The molecule has 0 amide bonds. The third-order valence-corrected chi connectivity index (χ3v) is 5.78. The van der Waals surface area contributed by atoms with E-state index in [2.05, 4.69) is 0 Å². The molecule has 1 atom stereocenters. The van der Waals surface area contributed by atoms with E-state index < -0.39 is 32.5 Å². The molecule has 1 fully saturated rings. The van der Waals surface area contributed by atoms with Crippen LogP contribution < -0.4 is 0 Å². The van der Waals surface area contributed by atoms with Gasteiger partial charge in [0.15, 0.2) is 4.90 Å². The first-order chi connectivity index (χ1) is 10.2. The van der Waals surface area contributed by atoms with Crippen LogP contribution in [-0.4, -0.2) is 41.8 Å². The van der Waals surface area contributed by atoms with Crippen LogP contribution in [0.2, 0.25) is 0 Å². The predicted molar refractivity (Wildman–Crippen MR) is 77.0 cm³/mol. The van der Waals surface area contributed by atoms with E-state index in [9.17, 15) is 23.3 Å². The topological polar surface area (TPSA) is 118 Å². The summed E-state index contributed by atoms with van der Waals surface area (Å²) in [6, 6.07) is 4.04. The van der Waals surface area contributed by atoms with Gasteiger partial charge in [-0.05, 0) is 25.3 Å². The van der Waals surface area contributed by atoms with Crippen LogP contribution in [0.15, 0.2) is 23.1 Å². The Kier molecular flexibility index (Phi) is 4.47. The van der Waals surface area contributed by atoms with Gasteiger partial charge >= 0.3 is 5.97 Å². The Bertz CT molecular complexity index is 715. The first-order valence-electron chi connectivity index (χ1n) is 6.72. The molecule has 1 saturated heterocycles. The Labute approximate surface area is 127 Å². The fourth-order valence-electron chi connectivity index (χ4n) is 2.61. The molecule has 1 heterocycles. The van der Waals surface area contributed by atoms with E-state index in [0.717, 1.165) is 10.4 Å². The maximum atomic E-state index is 12.7. The molecule has 120 valence electrons. The molecule has 2 rings (SSSR count). The molecular weight excluding hydrogens is 312 g/mol. The summed E-state index contributed by atoms with van der Waals surface area (Å²) >= 11 is 0. The van der Waals surface area contributed by atoms with Gasteiger partial charge in [0.25, 0.3) is 5.69 Å². The highest BCUT2D eigenvalue weighted by Crippen LogP contribution is 2.32. The van der Waals surface area contributed by atoms with Crippen LogP contribution in [-0.2, 0) is 14.8 Å². The summed E-state index contributed by atoms with van der Waals surface area (Å²) in [7, 11) is -4.11. The maximum absolute atomic E-state index is 12.7. The molecular formula is C13H16N2O6S. The summed E-state index contributed by atoms with van der Waals surface area (Å²) in [4.78, 5) is 21.1. The highest BCUT2D eigenvalue weighted by atomic mass is 32.2. The van der Waals surface area contributed by atoms with Gasteiger partial charge in [0.2, 0.25) is 10.0 Å². The number of rotatable bonds is 4. The molecule has 1 aliphatic rings. The Morgan fingerprint density at radius 2 is 2.14 bits per heavy atom. The SMILES string of the molecule is Cc1cccc([N+](=O)[O-])c1S(=O)(=O)N1CCCC(C(=O)O)C1. The van der Waals surface area contributed by atoms with Gasteiger partial charge in [-0.15, -0.1) is 0 Å². The summed E-state index contributed by atoms with van der Waals surface area (Å²) in [5.41, 5.74) is -0.218. The van der Waals surface area contributed by atoms with Crippen LogP contribution in [0.25, 0.3) is 0 Å². The van der Waals surface area contributed by atoms with Crippen LogP contribution in [0, 0.1) is 23.0 Å². The van der Waals surface area contributed by atoms with Crippen LogP contribution >= 0.6 is 0 Å². The fraction of sp³-hybridized carbons (Fsp3) is 0.462. The van der Waals surface area contributed by atoms with Crippen molar-refractivity contribution in [3.8, 4) is 0 Å². The fourth-order valence-corrected chi connectivity index (χ4v) is 4.49. The standard InChI is InChI=1S/C13H16N2O6S/c1-9-4-2-6-11(15(18)19)12(9)22(20,21)14-7-3-5-10(8-14)13(16)17/h2,4,6,10H,3,5,7-8H2,1H3,(H,16,17). The van der Waals surface area contributed by atoms with Gasteiger partial charge in [-0.3, -0.25) is 14.9 Å². The van der Waals surface area contributed by atoms with Crippen LogP contribution in [0.5, 0.6) is 0 Å². The lowest BCUT2D eigenvalue weighted by atomic mass is 10.0. The molecule has 1 unspecified atom stereocenters. The molecule has 0 aromatic heterocycles. The lowest BCUT2D eigenvalue weighted by molar-refractivity contribution is -0.387. The minimum atomic E-state index is -4.11. The van der Waals surface area contributed by atoms with Crippen LogP contribution in [0.1, 0.15) is 18.4 Å². The smallest absolute Gasteiger partial charge is 0.307 e. The number of nitro benzene ring substituents is 1. The van der Waals surface area contributed by atoms with Crippen molar-refractivity contribution in [2.75, 3.05) is 13.1 Å². The molecule has 1 aliphatic heterocycles. The lowest BCUT2D eigenvalue weighted by Gasteiger charge is -2.30. The Morgan fingerprint density at radius 3 is 2.73 bits per heavy atom. The molecule has 0 aliphatic carbocycles. The van der Waals surface area contributed by atoms with Crippen molar-refractivity contribution in [3.63, 3.8) is 0 Å². The number of nitro groups is 1. The highest BCUT2D eigenvalue weighted by Gasteiger charge is 2.37. The molecule has 9 heteroatoms. The van der Waals surface area contributed by atoms with Crippen molar-refractivity contribution < 1.29 is 23.2 Å². The second-order valence-electron chi connectivity index (χ2n) is 5.22. The van der Waals surface area contributed by atoms with E-state index in [4.69, 9.17) is 5.11 Å². The lowest BCUT2D eigenvalue weighted by Crippen LogP contribution is -2.42. The second-order valence-corrected chi connectivity index (χ2v) is 7.10. The van der Waals surface area contributed by atoms with Gasteiger partial charge in [-0.2, -0.15) is 4.31 Å². The normalized spacial score (nSPS) is 19.8. The van der Waals surface area contributed by atoms with Crippen molar-refractivity contribution in [1.82, 2.24) is 4.31 Å².